The molecule has 1 heterocycles. The largest absolute Gasteiger partial charge is 0.389 e. The molecule has 0 unspecified atom stereocenters. The molecule has 90 valence electrons. The van der Waals surface area contributed by atoms with Crippen LogP contribution in [0.1, 0.15) is 19.5 Å². The first-order valence-corrected chi connectivity index (χ1v) is 5.66. The third-order valence-electron chi connectivity index (χ3n) is 2.56. The van der Waals surface area contributed by atoms with Crippen LogP contribution in [0.15, 0.2) is 24.3 Å². The smallest absolute Gasteiger partial charge is 0.156 e. The summed E-state index contributed by atoms with van der Waals surface area (Å²) < 4.78 is 0. The molecule has 0 bridgehead atoms. The summed E-state index contributed by atoms with van der Waals surface area (Å²) in [4.78, 5) is 0. The van der Waals surface area contributed by atoms with E-state index in [2.05, 4.69) is 15.5 Å². The van der Waals surface area contributed by atoms with Crippen LogP contribution in [0, 0.1) is 6.92 Å². The van der Waals surface area contributed by atoms with Crippen LogP contribution < -0.4 is 5.32 Å². The van der Waals surface area contributed by atoms with Crippen LogP contribution in [0.5, 0.6) is 0 Å². The highest BCUT2D eigenvalue weighted by atomic mass is 16.3. The molecule has 0 fully saturated rings. The Labute approximate surface area is 101 Å². The molecule has 0 saturated carbocycles. The van der Waals surface area contributed by atoms with E-state index in [-0.39, 0.29) is 0 Å². The fourth-order valence-corrected chi connectivity index (χ4v) is 1.67. The van der Waals surface area contributed by atoms with E-state index < -0.39 is 5.60 Å². The van der Waals surface area contributed by atoms with Crippen LogP contribution in [-0.2, 0) is 0 Å². The molecule has 2 aromatic rings. The van der Waals surface area contributed by atoms with Gasteiger partial charge < -0.3 is 10.4 Å². The molecule has 0 aliphatic heterocycles. The number of rotatable bonds is 3. The zero-order valence-electron chi connectivity index (χ0n) is 10.4. The molecular weight excluding hydrogens is 214 g/mol. The van der Waals surface area contributed by atoms with Crippen molar-refractivity contribution in [1.82, 2.24) is 10.2 Å². The molecule has 1 aromatic carbocycles. The Bertz CT molecular complexity index is 532. The maximum Gasteiger partial charge on any atom is 0.156 e. The summed E-state index contributed by atoms with van der Waals surface area (Å²) in [5, 5.41) is 23.2. The van der Waals surface area contributed by atoms with Crippen LogP contribution in [0.4, 0.5) is 5.82 Å². The molecule has 4 nitrogen and oxygen atoms in total. The molecule has 0 aliphatic rings. The van der Waals surface area contributed by atoms with Gasteiger partial charge in [0.2, 0.25) is 0 Å². The third-order valence-corrected chi connectivity index (χ3v) is 2.56. The van der Waals surface area contributed by atoms with Crippen molar-refractivity contribution >= 4 is 16.6 Å². The van der Waals surface area contributed by atoms with Crippen LogP contribution in [0.3, 0.4) is 0 Å². The second kappa shape index (κ2) is 4.30. The van der Waals surface area contributed by atoms with Crippen molar-refractivity contribution in [3.05, 3.63) is 30.0 Å². The number of nitrogens with zero attached hydrogens (tertiary/aromatic N) is 2. The fourth-order valence-electron chi connectivity index (χ4n) is 1.67. The van der Waals surface area contributed by atoms with Gasteiger partial charge in [0.15, 0.2) is 5.82 Å². The molecule has 0 aliphatic carbocycles. The Balaban J connectivity index is 2.38. The lowest BCUT2D eigenvalue weighted by Crippen LogP contribution is -2.29. The maximum absolute atomic E-state index is 9.69. The molecule has 2 N–H and O–H groups in total. The zero-order valence-corrected chi connectivity index (χ0v) is 10.4. The first-order valence-electron chi connectivity index (χ1n) is 5.66. The Morgan fingerprint density at radius 2 is 1.82 bits per heavy atom. The Kier molecular flexibility index (Phi) is 2.98. The second-order valence-electron chi connectivity index (χ2n) is 4.85. The van der Waals surface area contributed by atoms with Gasteiger partial charge in [-0.25, -0.2) is 0 Å². The zero-order chi connectivity index (χ0) is 12.5. The minimum absolute atomic E-state index is 0.439. The number of aliphatic hydroxyl groups is 1. The summed E-state index contributed by atoms with van der Waals surface area (Å²) in [6.07, 6.45) is 0. The predicted octanol–water partition coefficient (Wildman–Crippen LogP) is 2.12. The molecule has 0 atom stereocenters. The number of fused-ring (bicyclic) bond motifs is 1. The van der Waals surface area contributed by atoms with E-state index in [9.17, 15) is 5.11 Å². The number of aromatic nitrogens is 2. The van der Waals surface area contributed by atoms with Crippen molar-refractivity contribution < 1.29 is 5.11 Å². The Morgan fingerprint density at radius 1 is 1.18 bits per heavy atom. The Hall–Kier alpha value is -1.68. The summed E-state index contributed by atoms with van der Waals surface area (Å²) >= 11 is 0. The van der Waals surface area contributed by atoms with Gasteiger partial charge in [0.1, 0.15) is 0 Å². The normalized spacial score (nSPS) is 11.8. The molecule has 17 heavy (non-hydrogen) atoms. The topological polar surface area (TPSA) is 58.0 Å². The first-order chi connectivity index (χ1) is 7.97. The van der Waals surface area contributed by atoms with Crippen molar-refractivity contribution in [2.24, 2.45) is 0 Å². The van der Waals surface area contributed by atoms with Gasteiger partial charge in [-0.2, -0.15) is 5.10 Å². The van der Waals surface area contributed by atoms with Crippen LogP contribution in [0.2, 0.25) is 0 Å². The van der Waals surface area contributed by atoms with Gasteiger partial charge in [-0.1, -0.05) is 24.3 Å². The van der Waals surface area contributed by atoms with E-state index in [1.807, 2.05) is 31.2 Å². The molecule has 0 radical (unpaired) electrons. The average Bonchev–Trinajstić information content (AvgIpc) is 2.27. The number of benzene rings is 1. The van der Waals surface area contributed by atoms with Gasteiger partial charge in [-0.15, -0.1) is 5.10 Å². The van der Waals surface area contributed by atoms with Crippen LogP contribution in [0.25, 0.3) is 10.8 Å². The summed E-state index contributed by atoms with van der Waals surface area (Å²) in [7, 11) is 0. The van der Waals surface area contributed by atoms with Gasteiger partial charge in [0.05, 0.1) is 11.3 Å². The lowest BCUT2D eigenvalue weighted by atomic mass is 10.1. The van der Waals surface area contributed by atoms with E-state index in [0.717, 1.165) is 16.5 Å². The van der Waals surface area contributed by atoms with Gasteiger partial charge in [-0.3, -0.25) is 0 Å². The monoisotopic (exact) mass is 231 g/mol. The van der Waals surface area contributed by atoms with Gasteiger partial charge >= 0.3 is 0 Å². The molecule has 2 rings (SSSR count). The van der Waals surface area contributed by atoms with E-state index in [1.165, 1.54) is 0 Å². The van der Waals surface area contributed by atoms with Gasteiger partial charge in [0, 0.05) is 17.3 Å². The highest BCUT2D eigenvalue weighted by Crippen LogP contribution is 2.22. The van der Waals surface area contributed by atoms with Crippen molar-refractivity contribution in [3.63, 3.8) is 0 Å². The van der Waals surface area contributed by atoms with Crippen molar-refractivity contribution in [2.45, 2.75) is 26.4 Å². The summed E-state index contributed by atoms with van der Waals surface area (Å²) in [6.45, 7) is 5.89. The quantitative estimate of drug-likeness (QED) is 0.849. The molecule has 1 aromatic heterocycles. The summed E-state index contributed by atoms with van der Waals surface area (Å²) in [5.74, 6) is 0.716. The number of hydrogen-bond donors (Lipinski definition) is 2. The molecule has 0 amide bonds. The number of nitrogens with one attached hydrogen (secondary N) is 1. The van der Waals surface area contributed by atoms with Crippen LogP contribution >= 0.6 is 0 Å². The minimum Gasteiger partial charge on any atom is -0.389 e. The van der Waals surface area contributed by atoms with Crippen molar-refractivity contribution in [2.75, 3.05) is 11.9 Å². The van der Waals surface area contributed by atoms with E-state index in [4.69, 9.17) is 0 Å². The first kappa shape index (κ1) is 11.8. The van der Waals surface area contributed by atoms with Gasteiger partial charge in [-0.05, 0) is 20.8 Å². The molecular formula is C13H17N3O. The van der Waals surface area contributed by atoms with Crippen LogP contribution in [-0.4, -0.2) is 27.4 Å². The second-order valence-corrected chi connectivity index (χ2v) is 4.85. The van der Waals surface area contributed by atoms with E-state index in [0.29, 0.717) is 12.4 Å². The molecule has 0 saturated heterocycles. The SMILES string of the molecule is Cc1nnc(NCC(C)(C)O)c2ccccc12. The highest BCUT2D eigenvalue weighted by Gasteiger charge is 2.13. The fraction of sp³-hybridized carbons (Fsp3) is 0.385. The summed E-state index contributed by atoms with van der Waals surface area (Å²) in [5.41, 5.74) is 0.141. The third kappa shape index (κ3) is 2.71. The van der Waals surface area contributed by atoms with Crippen molar-refractivity contribution in [1.29, 1.82) is 0 Å². The number of aryl methyl sites for hydroxylation is 1. The average molecular weight is 231 g/mol. The maximum atomic E-state index is 9.69. The highest BCUT2D eigenvalue weighted by molar-refractivity contribution is 5.92. The summed E-state index contributed by atoms with van der Waals surface area (Å²) in [6, 6.07) is 7.98. The molecule has 4 heteroatoms. The van der Waals surface area contributed by atoms with E-state index in [1.54, 1.807) is 13.8 Å². The molecule has 0 spiro atoms. The van der Waals surface area contributed by atoms with Crippen molar-refractivity contribution in [3.8, 4) is 0 Å². The van der Waals surface area contributed by atoms with E-state index >= 15 is 0 Å². The number of anilines is 1. The van der Waals surface area contributed by atoms with Gasteiger partial charge in [0.25, 0.3) is 0 Å². The predicted molar refractivity (Wildman–Crippen MR) is 69.1 cm³/mol. The lowest BCUT2D eigenvalue weighted by molar-refractivity contribution is 0.0944. The standard InChI is InChI=1S/C13H17N3O/c1-9-10-6-4-5-7-11(10)12(16-15-9)14-8-13(2,3)17/h4-7,17H,8H2,1-3H3,(H,14,16). The Morgan fingerprint density at radius 3 is 2.47 bits per heavy atom. The number of hydrogen-bond acceptors (Lipinski definition) is 4. The lowest BCUT2D eigenvalue weighted by Gasteiger charge is -2.18. The minimum atomic E-state index is -0.770.